The van der Waals surface area contributed by atoms with Gasteiger partial charge in [0.1, 0.15) is 5.69 Å². The van der Waals surface area contributed by atoms with E-state index in [2.05, 4.69) is 9.72 Å². The summed E-state index contributed by atoms with van der Waals surface area (Å²) in [6.07, 6.45) is -1.21. The molecule has 0 aliphatic carbocycles. The first-order valence-corrected chi connectivity index (χ1v) is 5.26. The number of carbonyl (C=O) groups is 1. The highest BCUT2D eigenvalue weighted by atomic mass is 19.3. The van der Waals surface area contributed by atoms with Crippen molar-refractivity contribution in [2.24, 2.45) is 0 Å². The highest BCUT2D eigenvalue weighted by Gasteiger charge is 2.15. The second-order valence-corrected chi connectivity index (χ2v) is 3.45. The maximum atomic E-state index is 12.4. The largest absolute Gasteiger partial charge is 0.464 e. The number of esters is 1. The molecule has 1 aromatic heterocycles. The number of nitrogens with zero attached hydrogens (tertiary/aromatic N) is 2. The SMILES string of the molecule is COC(=O)c1cc(N(CCO)CC(F)F)ccn1. The molecule has 0 atom stereocenters. The Hall–Kier alpha value is -1.76. The molecule has 0 unspecified atom stereocenters. The number of aliphatic hydroxyl groups is 1. The molecule has 0 fully saturated rings. The Morgan fingerprint density at radius 2 is 2.33 bits per heavy atom. The number of hydrogen-bond donors (Lipinski definition) is 1. The summed E-state index contributed by atoms with van der Waals surface area (Å²) in [7, 11) is 1.21. The minimum atomic E-state index is -2.54. The molecule has 0 amide bonds. The lowest BCUT2D eigenvalue weighted by molar-refractivity contribution is 0.0594. The highest BCUT2D eigenvalue weighted by Crippen LogP contribution is 2.16. The van der Waals surface area contributed by atoms with E-state index in [0.29, 0.717) is 5.69 Å². The van der Waals surface area contributed by atoms with Crippen molar-refractivity contribution in [3.05, 3.63) is 24.0 Å². The van der Waals surface area contributed by atoms with E-state index in [0.717, 1.165) is 0 Å². The molecular formula is C11H14F2N2O3. The predicted octanol–water partition coefficient (Wildman–Crippen LogP) is 0.932. The van der Waals surface area contributed by atoms with Gasteiger partial charge in [0.2, 0.25) is 0 Å². The summed E-state index contributed by atoms with van der Waals surface area (Å²) in [6, 6.07) is 2.84. The van der Waals surface area contributed by atoms with Crippen LogP contribution in [0.25, 0.3) is 0 Å². The molecule has 1 rings (SSSR count). The van der Waals surface area contributed by atoms with Crippen LogP contribution in [0.1, 0.15) is 10.5 Å². The maximum absolute atomic E-state index is 12.4. The average Bonchev–Trinajstić information content (AvgIpc) is 2.37. The lowest BCUT2D eigenvalue weighted by Gasteiger charge is -2.23. The van der Waals surface area contributed by atoms with E-state index in [9.17, 15) is 13.6 Å². The van der Waals surface area contributed by atoms with Gasteiger partial charge in [0.15, 0.2) is 0 Å². The van der Waals surface area contributed by atoms with Gasteiger partial charge in [0, 0.05) is 18.4 Å². The minimum absolute atomic E-state index is 0.0345. The monoisotopic (exact) mass is 260 g/mol. The van der Waals surface area contributed by atoms with Crippen LogP contribution in [0.2, 0.25) is 0 Å². The van der Waals surface area contributed by atoms with Gasteiger partial charge in [-0.25, -0.2) is 18.6 Å². The number of rotatable bonds is 6. The van der Waals surface area contributed by atoms with Crippen molar-refractivity contribution in [3.63, 3.8) is 0 Å². The summed E-state index contributed by atoms with van der Waals surface area (Å²) in [6.45, 7) is -0.733. The summed E-state index contributed by atoms with van der Waals surface area (Å²) in [5.74, 6) is -0.641. The molecule has 0 bridgehead atoms. The molecule has 1 heterocycles. The zero-order chi connectivity index (χ0) is 13.5. The van der Waals surface area contributed by atoms with Gasteiger partial charge < -0.3 is 14.7 Å². The Morgan fingerprint density at radius 3 is 2.89 bits per heavy atom. The fourth-order valence-corrected chi connectivity index (χ4v) is 1.45. The second kappa shape index (κ2) is 6.85. The molecule has 0 saturated carbocycles. The first kappa shape index (κ1) is 14.3. The van der Waals surface area contributed by atoms with E-state index < -0.39 is 18.9 Å². The van der Waals surface area contributed by atoms with Crippen molar-refractivity contribution in [2.75, 3.05) is 31.7 Å². The quantitative estimate of drug-likeness (QED) is 0.771. The van der Waals surface area contributed by atoms with Gasteiger partial charge in [0.25, 0.3) is 6.43 Å². The third-order valence-corrected chi connectivity index (χ3v) is 2.23. The molecule has 0 aliphatic rings. The number of aliphatic hydroxyl groups excluding tert-OH is 1. The number of methoxy groups -OCH3 is 1. The Kier molecular flexibility index (Phi) is 5.44. The summed E-state index contributed by atoms with van der Waals surface area (Å²) in [4.78, 5) is 16.3. The van der Waals surface area contributed by atoms with Gasteiger partial charge >= 0.3 is 5.97 Å². The number of aromatic nitrogens is 1. The third kappa shape index (κ3) is 3.92. The van der Waals surface area contributed by atoms with Gasteiger partial charge in [-0.2, -0.15) is 0 Å². The van der Waals surface area contributed by atoms with Gasteiger partial charge in [-0.05, 0) is 12.1 Å². The van der Waals surface area contributed by atoms with Crippen molar-refractivity contribution in [2.45, 2.75) is 6.43 Å². The lowest BCUT2D eigenvalue weighted by atomic mass is 10.3. The van der Waals surface area contributed by atoms with Gasteiger partial charge in [-0.1, -0.05) is 0 Å². The number of alkyl halides is 2. The zero-order valence-electron chi connectivity index (χ0n) is 9.84. The Labute approximate surface area is 103 Å². The summed E-state index contributed by atoms with van der Waals surface area (Å²) in [5, 5.41) is 8.84. The second-order valence-electron chi connectivity index (χ2n) is 3.45. The number of hydrogen-bond acceptors (Lipinski definition) is 5. The maximum Gasteiger partial charge on any atom is 0.356 e. The van der Waals surface area contributed by atoms with Gasteiger partial charge in [-0.15, -0.1) is 0 Å². The molecule has 0 radical (unpaired) electrons. The molecule has 18 heavy (non-hydrogen) atoms. The first-order valence-electron chi connectivity index (χ1n) is 5.26. The van der Waals surface area contributed by atoms with Crippen LogP contribution in [0.3, 0.4) is 0 Å². The van der Waals surface area contributed by atoms with Gasteiger partial charge in [-0.3, -0.25) is 0 Å². The number of ether oxygens (including phenoxy) is 1. The topological polar surface area (TPSA) is 62.7 Å². The summed E-state index contributed by atoms with van der Waals surface area (Å²) < 4.78 is 29.3. The molecule has 5 nitrogen and oxygen atoms in total. The van der Waals surface area contributed by atoms with Crippen LogP contribution < -0.4 is 4.90 Å². The number of halogens is 2. The first-order chi connectivity index (χ1) is 8.58. The van der Waals surface area contributed by atoms with Crippen LogP contribution in [-0.2, 0) is 4.74 Å². The molecule has 1 N–H and O–H groups in total. The van der Waals surface area contributed by atoms with Crippen molar-refractivity contribution < 1.29 is 23.4 Å². The van der Waals surface area contributed by atoms with Crippen LogP contribution >= 0.6 is 0 Å². The molecule has 1 aromatic rings. The van der Waals surface area contributed by atoms with Crippen LogP contribution in [0, 0.1) is 0 Å². The molecule has 0 saturated heterocycles. The van der Waals surface area contributed by atoms with E-state index in [1.165, 1.54) is 30.3 Å². The number of carbonyl (C=O) groups excluding carboxylic acids is 1. The summed E-state index contributed by atoms with van der Waals surface area (Å²) >= 11 is 0. The van der Waals surface area contributed by atoms with E-state index in [4.69, 9.17) is 5.11 Å². The van der Waals surface area contributed by atoms with E-state index in [1.807, 2.05) is 0 Å². The minimum Gasteiger partial charge on any atom is -0.464 e. The van der Waals surface area contributed by atoms with Crippen molar-refractivity contribution in [3.8, 4) is 0 Å². The Balaban J connectivity index is 2.93. The smallest absolute Gasteiger partial charge is 0.356 e. The van der Waals surface area contributed by atoms with Crippen molar-refractivity contribution >= 4 is 11.7 Å². The van der Waals surface area contributed by atoms with E-state index in [1.54, 1.807) is 0 Å². The normalized spacial score (nSPS) is 10.5. The zero-order valence-corrected chi connectivity index (χ0v) is 9.84. The van der Waals surface area contributed by atoms with Crippen LogP contribution in [0.5, 0.6) is 0 Å². The standard InChI is InChI=1S/C11H14F2N2O3/c1-18-11(17)9-6-8(2-3-14-9)15(4-5-16)7-10(12)13/h2-3,6,10,16H,4-5,7H2,1H3. The van der Waals surface area contributed by atoms with Gasteiger partial charge in [0.05, 0.1) is 20.3 Å². The summed E-state index contributed by atoms with van der Waals surface area (Å²) in [5.41, 5.74) is 0.423. The van der Waals surface area contributed by atoms with Crippen LogP contribution in [0.4, 0.5) is 14.5 Å². The van der Waals surface area contributed by atoms with Crippen LogP contribution in [-0.4, -0.2) is 49.3 Å². The molecule has 0 spiro atoms. The predicted molar refractivity (Wildman–Crippen MR) is 60.9 cm³/mol. The van der Waals surface area contributed by atoms with Crippen molar-refractivity contribution in [1.82, 2.24) is 4.98 Å². The Bertz CT molecular complexity index is 402. The third-order valence-electron chi connectivity index (χ3n) is 2.23. The molecular weight excluding hydrogens is 246 g/mol. The number of pyridine rings is 1. The van der Waals surface area contributed by atoms with Crippen LogP contribution in [0.15, 0.2) is 18.3 Å². The molecule has 7 heteroatoms. The fraction of sp³-hybridized carbons (Fsp3) is 0.455. The molecule has 0 aliphatic heterocycles. The Morgan fingerprint density at radius 1 is 1.61 bits per heavy atom. The lowest BCUT2D eigenvalue weighted by Crippen LogP contribution is -2.31. The van der Waals surface area contributed by atoms with E-state index >= 15 is 0 Å². The highest BCUT2D eigenvalue weighted by molar-refractivity contribution is 5.88. The molecule has 100 valence electrons. The molecule has 0 aromatic carbocycles. The van der Waals surface area contributed by atoms with E-state index in [-0.39, 0.29) is 18.8 Å². The number of anilines is 1. The fourth-order valence-electron chi connectivity index (χ4n) is 1.45. The average molecular weight is 260 g/mol. The van der Waals surface area contributed by atoms with Crippen molar-refractivity contribution in [1.29, 1.82) is 0 Å².